The number of aliphatic hydroxyl groups is 2. The number of carbonyl (C=O) groups excluding carboxylic acids is 6. The molecule has 0 radical (unpaired) electrons. The second-order valence-corrected chi connectivity index (χ2v) is 13.0. The topological polar surface area (TPSA) is 282 Å². The number of hydrogen-bond donors (Lipinski definition) is 9. The average molecular weight is 822 g/mol. The van der Waals surface area contributed by atoms with Crippen LogP contribution in [0.25, 0.3) is 0 Å². The highest BCUT2D eigenvalue weighted by Crippen LogP contribution is 2.13. The molecule has 4 bridgehead atoms. The van der Waals surface area contributed by atoms with Crippen molar-refractivity contribution in [1.29, 1.82) is 0 Å². The van der Waals surface area contributed by atoms with E-state index in [2.05, 4.69) is 25.9 Å². The van der Waals surface area contributed by atoms with Crippen LogP contribution in [0.5, 0.6) is 0 Å². The molecular weight excluding hydrogens is 779 g/mol. The van der Waals surface area contributed by atoms with Crippen molar-refractivity contribution in [2.45, 2.75) is 32.1 Å². The Labute approximate surface area is 329 Å². The number of hydrogen-bond acceptors (Lipinski definition) is 13. The van der Waals surface area contributed by atoms with Gasteiger partial charge < -0.3 is 46.2 Å². The van der Waals surface area contributed by atoms with E-state index in [4.69, 9.17) is 34.0 Å². The molecule has 21 nitrogen and oxygen atoms in total. The van der Waals surface area contributed by atoms with Crippen LogP contribution in [-0.2, 0) is 28.8 Å². The van der Waals surface area contributed by atoms with Gasteiger partial charge in [-0.3, -0.25) is 28.9 Å². The lowest BCUT2D eigenvalue weighted by Crippen LogP contribution is -2.75. The van der Waals surface area contributed by atoms with Crippen LogP contribution in [0.4, 0.5) is 0 Å². The van der Waals surface area contributed by atoms with Gasteiger partial charge in [0.1, 0.15) is 35.7 Å². The molecule has 23 heteroatoms. The standard InChI is InChI=1S/C33H41N9O12S2/c43-24(2-1-3-27(46)54-42-25(44)8-9-26(42)45)34-10-15-39-16-11-35-30(49)22-6-4-20(32(55)40(22)51)28(47)37-13-18-53-19-14-38-29(48)21-5-7-23(41(52)33(21)56)31(50)36-12-17-39/h4-7,51-52H,1-3,8-19H2,(H,34,43)(H,35,49)(H,36,50)(H,37,47)(H,38,48)/p+2. The van der Waals surface area contributed by atoms with E-state index in [1.165, 1.54) is 24.3 Å². The number of carbonyl (C=O) groups is 6. The minimum absolute atomic E-state index is 0.0354. The number of hydroxylamine groups is 2. The first-order valence-electron chi connectivity index (χ1n) is 17.5. The van der Waals surface area contributed by atoms with Gasteiger partial charge >= 0.3 is 17.8 Å². The number of imide groups is 1. The van der Waals surface area contributed by atoms with Crippen LogP contribution in [0.1, 0.15) is 64.2 Å². The fraction of sp³-hybridized carbons (Fsp3) is 0.455. The molecule has 9 N–H and O–H groups in total. The summed E-state index contributed by atoms with van der Waals surface area (Å²) in [7, 11) is 0. The van der Waals surface area contributed by atoms with Gasteiger partial charge in [0, 0.05) is 65.0 Å². The van der Waals surface area contributed by atoms with Gasteiger partial charge in [0.25, 0.3) is 23.6 Å². The van der Waals surface area contributed by atoms with Crippen molar-refractivity contribution in [3.8, 4) is 0 Å². The van der Waals surface area contributed by atoms with Gasteiger partial charge in [0.05, 0.1) is 0 Å². The van der Waals surface area contributed by atoms with Crippen molar-refractivity contribution < 1.29 is 69.0 Å². The summed E-state index contributed by atoms with van der Waals surface area (Å²) in [6.07, 6.45) is -0.232. The molecule has 2 aromatic rings. The molecule has 5 amide bonds. The van der Waals surface area contributed by atoms with E-state index >= 15 is 0 Å². The molecule has 5 aliphatic heterocycles. The zero-order valence-electron chi connectivity index (χ0n) is 30.1. The molecule has 0 atom stereocenters. The fourth-order valence-electron chi connectivity index (χ4n) is 5.35. The maximum atomic E-state index is 13.0. The number of rotatable bonds is 8. The Morgan fingerprint density at radius 1 is 0.804 bits per heavy atom. The molecule has 0 aromatic carbocycles. The first-order chi connectivity index (χ1) is 26.8. The second kappa shape index (κ2) is 20.8. The Morgan fingerprint density at radius 3 is 1.80 bits per heavy atom. The summed E-state index contributed by atoms with van der Waals surface area (Å²) in [4.78, 5) is 85.8. The second-order valence-electron chi connectivity index (χ2n) is 12.3. The molecule has 7 heterocycles. The van der Waals surface area contributed by atoms with Crippen LogP contribution in [0.15, 0.2) is 24.3 Å². The van der Waals surface area contributed by atoms with Gasteiger partial charge in [0.2, 0.25) is 5.91 Å². The van der Waals surface area contributed by atoms with E-state index in [9.17, 15) is 49.4 Å². The minimum Gasteiger partial charge on any atom is -0.460 e. The molecule has 5 aliphatic rings. The third kappa shape index (κ3) is 11.9. The minimum atomic E-state index is -0.821. The molecule has 1 fully saturated rings. The molecule has 0 spiro atoms. The Balaban J connectivity index is 1.41. The molecule has 0 unspecified atom stereocenters. The zero-order valence-corrected chi connectivity index (χ0v) is 31.7. The number of ether oxygens (including phenoxy) is 1. The van der Waals surface area contributed by atoms with Crippen molar-refractivity contribution in [1.82, 2.24) is 35.4 Å². The molecule has 302 valence electrons. The molecule has 0 aliphatic carbocycles. The lowest BCUT2D eigenvalue weighted by atomic mass is 10.2. The number of aliphatic hydroxyl groups excluding tert-OH is 2. The lowest BCUT2D eigenvalue weighted by molar-refractivity contribution is -0.479. The highest BCUT2D eigenvalue weighted by atomic mass is 32.1. The number of pyridine rings is 2. The van der Waals surface area contributed by atoms with Crippen molar-refractivity contribution in [2.24, 2.45) is 0 Å². The van der Waals surface area contributed by atoms with Crippen molar-refractivity contribution in [3.05, 3.63) is 56.1 Å². The van der Waals surface area contributed by atoms with Crippen molar-refractivity contribution in [3.63, 3.8) is 0 Å². The maximum absolute atomic E-state index is 13.0. The Hall–Kier alpha value is -5.78. The van der Waals surface area contributed by atoms with Crippen LogP contribution in [0, 0.1) is 9.28 Å². The Morgan fingerprint density at radius 2 is 1.30 bits per heavy atom. The largest absolute Gasteiger partial charge is 0.460 e. The molecule has 7 rings (SSSR count). The summed E-state index contributed by atoms with van der Waals surface area (Å²) in [5.41, 5.74) is -0.304. The first-order valence-corrected chi connectivity index (χ1v) is 18.3. The van der Waals surface area contributed by atoms with E-state index in [0.717, 1.165) is 0 Å². The van der Waals surface area contributed by atoms with Gasteiger partial charge in [-0.25, -0.2) is 14.8 Å². The van der Waals surface area contributed by atoms with E-state index in [1.54, 1.807) is 4.90 Å². The first kappa shape index (κ1) is 43.0. The average Bonchev–Trinajstić information content (AvgIpc) is 3.47. The third-order valence-corrected chi connectivity index (χ3v) is 9.12. The predicted molar refractivity (Wildman–Crippen MR) is 196 cm³/mol. The Bertz CT molecular complexity index is 1900. The summed E-state index contributed by atoms with van der Waals surface area (Å²) in [6, 6.07) is 5.28. The van der Waals surface area contributed by atoms with Crippen molar-refractivity contribution in [2.75, 3.05) is 65.6 Å². The van der Waals surface area contributed by atoms with Crippen molar-refractivity contribution >= 4 is 71.7 Å². The quantitative estimate of drug-likeness (QED) is 0.0707. The summed E-state index contributed by atoms with van der Waals surface area (Å²) < 4.78 is 5.94. The summed E-state index contributed by atoms with van der Waals surface area (Å²) >= 11 is 10.5. The predicted octanol–water partition coefficient (Wildman–Crippen LogP) is -3.62. The number of amides is 5. The molecule has 0 saturated carbocycles. The molecule has 2 aromatic heterocycles. The van der Waals surface area contributed by atoms with Gasteiger partial charge in [-0.15, -0.1) is 5.06 Å². The highest BCUT2D eigenvalue weighted by Gasteiger charge is 2.32. The summed E-state index contributed by atoms with van der Waals surface area (Å²) in [5.74, 6) is -4.50. The lowest BCUT2D eigenvalue weighted by Gasteiger charge is -2.23. The number of nitrogens with zero attached hydrogens (tertiary/aromatic N) is 4. The normalized spacial score (nSPS) is 16.9. The van der Waals surface area contributed by atoms with E-state index in [-0.39, 0.29) is 147 Å². The number of aromatic nitrogens is 2. The zero-order chi connectivity index (χ0) is 40.8. The molecule has 1 saturated heterocycles. The van der Waals surface area contributed by atoms with Gasteiger partial charge in [-0.1, -0.05) is 24.4 Å². The summed E-state index contributed by atoms with van der Waals surface area (Å²) in [6.45, 7) is 1.40. The summed E-state index contributed by atoms with van der Waals surface area (Å²) in [5, 5.41) is 50.8. The smallest absolute Gasteiger partial charge is 0.369 e. The third-order valence-electron chi connectivity index (χ3n) is 8.33. The van der Waals surface area contributed by atoms with E-state index in [1.807, 2.05) is 0 Å². The van der Waals surface area contributed by atoms with Crippen LogP contribution >= 0.6 is 24.4 Å². The SMILES string of the molecule is O=C(CCCC(=O)ON1C(=O)CCC1=O)NCCN1CCNC(=O)c2ccc(c(=S)n2O)C(O)=[NH+]CCOCC[NH+]=C(O)c2ccc(n(O)c2=S)C(=O)NCC1. The monoisotopic (exact) mass is 821 g/mol. The molecule has 56 heavy (non-hydrogen) atoms. The van der Waals surface area contributed by atoms with Crippen LogP contribution in [0.2, 0.25) is 0 Å². The molecular formula is C33H43N9O12S2+2. The highest BCUT2D eigenvalue weighted by molar-refractivity contribution is 7.71. The van der Waals surface area contributed by atoms with Gasteiger partial charge in [-0.05, 0) is 30.7 Å². The fourth-order valence-corrected chi connectivity index (χ4v) is 5.87. The van der Waals surface area contributed by atoms with Crippen LogP contribution in [-0.4, -0.2) is 153 Å². The van der Waals surface area contributed by atoms with Crippen LogP contribution < -0.4 is 25.9 Å². The van der Waals surface area contributed by atoms with Crippen LogP contribution in [0.3, 0.4) is 0 Å². The van der Waals surface area contributed by atoms with Gasteiger partial charge in [-0.2, -0.15) is 9.46 Å². The van der Waals surface area contributed by atoms with E-state index in [0.29, 0.717) is 14.5 Å². The maximum Gasteiger partial charge on any atom is 0.369 e. The van der Waals surface area contributed by atoms with Gasteiger partial charge in [0.15, 0.2) is 22.4 Å². The Kier molecular flexibility index (Phi) is 15.9. The number of nitrogens with one attached hydrogen (secondary N) is 5. The van der Waals surface area contributed by atoms with E-state index < -0.39 is 29.6 Å².